The lowest BCUT2D eigenvalue weighted by Gasteiger charge is -2.30. The molecule has 1 aromatic heterocycles. The van der Waals surface area contributed by atoms with Crippen LogP contribution in [0.4, 0.5) is 0 Å². The number of methoxy groups -OCH3 is 1. The Morgan fingerprint density at radius 3 is 2.52 bits per heavy atom. The third-order valence-electron chi connectivity index (χ3n) is 5.55. The van der Waals surface area contributed by atoms with E-state index in [-0.39, 0.29) is 0 Å². The Morgan fingerprint density at radius 2 is 1.78 bits per heavy atom. The summed E-state index contributed by atoms with van der Waals surface area (Å²) in [5.74, 6) is 1.52. The molecule has 0 amide bonds. The minimum atomic E-state index is 0.629. The zero-order valence-corrected chi connectivity index (χ0v) is 16.1. The van der Waals surface area contributed by atoms with Gasteiger partial charge in [-0.2, -0.15) is 0 Å². The predicted octanol–water partition coefficient (Wildman–Crippen LogP) is 4.42. The van der Waals surface area contributed by atoms with Crippen LogP contribution in [-0.4, -0.2) is 41.7 Å². The van der Waals surface area contributed by atoms with Crippen LogP contribution < -0.4 is 4.74 Å². The van der Waals surface area contributed by atoms with E-state index in [0.29, 0.717) is 5.92 Å². The van der Waals surface area contributed by atoms with Gasteiger partial charge in [-0.15, -0.1) is 0 Å². The highest BCUT2D eigenvalue weighted by atomic mass is 16.5. The fourth-order valence-electron chi connectivity index (χ4n) is 3.93. The van der Waals surface area contributed by atoms with Crippen molar-refractivity contribution in [2.45, 2.75) is 25.3 Å². The average molecular weight is 361 g/mol. The van der Waals surface area contributed by atoms with Gasteiger partial charge in [0.25, 0.3) is 0 Å². The van der Waals surface area contributed by atoms with E-state index in [2.05, 4.69) is 59.1 Å². The number of imidazole rings is 1. The van der Waals surface area contributed by atoms with Crippen molar-refractivity contribution in [1.82, 2.24) is 14.5 Å². The van der Waals surface area contributed by atoms with Crippen LogP contribution in [0, 0.1) is 0 Å². The Kier molecular flexibility index (Phi) is 5.26. The summed E-state index contributed by atoms with van der Waals surface area (Å²) in [6.45, 7) is 3.16. The van der Waals surface area contributed by atoms with Gasteiger partial charge in [0.15, 0.2) is 0 Å². The number of benzene rings is 2. The SMILES string of the molecule is COc1ccc(Cn2cnc(-c3ccccc3C3CCN(C)CC3)c2)cc1. The second-order valence-corrected chi connectivity index (χ2v) is 7.44. The Labute approximate surface area is 161 Å². The molecule has 1 fully saturated rings. The molecule has 1 aliphatic heterocycles. The van der Waals surface area contributed by atoms with Crippen LogP contribution in [0.1, 0.15) is 29.9 Å². The van der Waals surface area contributed by atoms with Gasteiger partial charge >= 0.3 is 0 Å². The molecule has 3 aromatic rings. The standard InChI is InChI=1S/C23H27N3O/c1-25-13-11-19(12-14-25)21-5-3-4-6-22(21)23-16-26(17-24-23)15-18-7-9-20(27-2)10-8-18/h3-10,16-17,19H,11-15H2,1-2H3. The number of rotatable bonds is 5. The first-order chi connectivity index (χ1) is 13.2. The highest BCUT2D eigenvalue weighted by molar-refractivity contribution is 5.64. The van der Waals surface area contributed by atoms with E-state index in [1.54, 1.807) is 7.11 Å². The Hall–Kier alpha value is -2.59. The number of nitrogens with zero attached hydrogens (tertiary/aromatic N) is 3. The summed E-state index contributed by atoms with van der Waals surface area (Å²) in [5.41, 5.74) is 5.03. The first-order valence-corrected chi connectivity index (χ1v) is 9.65. The van der Waals surface area contributed by atoms with E-state index >= 15 is 0 Å². The van der Waals surface area contributed by atoms with Crippen LogP contribution in [0.5, 0.6) is 5.75 Å². The van der Waals surface area contributed by atoms with Gasteiger partial charge in [0, 0.05) is 18.3 Å². The van der Waals surface area contributed by atoms with Gasteiger partial charge in [-0.1, -0.05) is 36.4 Å². The van der Waals surface area contributed by atoms with Gasteiger partial charge in [-0.05, 0) is 62.2 Å². The second kappa shape index (κ2) is 7.97. The summed E-state index contributed by atoms with van der Waals surface area (Å²) in [6.07, 6.45) is 6.54. The molecule has 0 spiro atoms. The number of likely N-dealkylation sites (tertiary alicyclic amines) is 1. The van der Waals surface area contributed by atoms with Crippen molar-refractivity contribution in [2.24, 2.45) is 0 Å². The van der Waals surface area contributed by atoms with Gasteiger partial charge < -0.3 is 14.2 Å². The molecule has 0 N–H and O–H groups in total. The molecule has 0 aliphatic carbocycles. The molecular weight excluding hydrogens is 334 g/mol. The Bertz CT molecular complexity index is 877. The normalized spacial score (nSPS) is 15.8. The second-order valence-electron chi connectivity index (χ2n) is 7.44. The summed E-state index contributed by atoms with van der Waals surface area (Å²) in [7, 11) is 3.90. The summed E-state index contributed by atoms with van der Waals surface area (Å²) in [4.78, 5) is 7.13. The maximum atomic E-state index is 5.24. The monoisotopic (exact) mass is 361 g/mol. The molecule has 4 nitrogen and oxygen atoms in total. The molecule has 0 bridgehead atoms. The van der Waals surface area contributed by atoms with E-state index < -0.39 is 0 Å². The van der Waals surface area contributed by atoms with Crippen LogP contribution >= 0.6 is 0 Å². The zero-order chi connectivity index (χ0) is 18.6. The fourth-order valence-corrected chi connectivity index (χ4v) is 3.93. The molecule has 0 saturated carbocycles. The van der Waals surface area contributed by atoms with Crippen molar-refractivity contribution in [3.05, 3.63) is 72.2 Å². The topological polar surface area (TPSA) is 30.3 Å². The molecule has 4 rings (SSSR count). The molecule has 0 atom stereocenters. The fraction of sp³-hybridized carbons (Fsp3) is 0.348. The molecule has 1 aliphatic rings. The summed E-state index contributed by atoms with van der Waals surface area (Å²) >= 11 is 0. The van der Waals surface area contributed by atoms with Crippen molar-refractivity contribution < 1.29 is 4.74 Å². The minimum absolute atomic E-state index is 0.629. The number of hydrogen-bond acceptors (Lipinski definition) is 3. The van der Waals surface area contributed by atoms with Gasteiger partial charge in [0.1, 0.15) is 5.75 Å². The first-order valence-electron chi connectivity index (χ1n) is 9.65. The summed E-state index contributed by atoms with van der Waals surface area (Å²) < 4.78 is 7.39. The van der Waals surface area contributed by atoms with Crippen molar-refractivity contribution in [1.29, 1.82) is 0 Å². The predicted molar refractivity (Wildman–Crippen MR) is 109 cm³/mol. The van der Waals surface area contributed by atoms with Crippen LogP contribution in [0.25, 0.3) is 11.3 Å². The Balaban J connectivity index is 1.54. The van der Waals surface area contributed by atoms with Crippen molar-refractivity contribution in [3.8, 4) is 17.0 Å². The molecule has 1 saturated heterocycles. The number of hydrogen-bond donors (Lipinski definition) is 0. The van der Waals surface area contributed by atoms with Gasteiger partial charge in [-0.25, -0.2) is 4.98 Å². The number of piperidine rings is 1. The van der Waals surface area contributed by atoms with E-state index in [1.165, 1.54) is 42.6 Å². The van der Waals surface area contributed by atoms with Gasteiger partial charge in [-0.3, -0.25) is 0 Å². The molecule has 0 radical (unpaired) electrons. The van der Waals surface area contributed by atoms with E-state index in [0.717, 1.165) is 18.0 Å². The lowest BCUT2D eigenvalue weighted by atomic mass is 9.86. The smallest absolute Gasteiger partial charge is 0.118 e. The van der Waals surface area contributed by atoms with Crippen LogP contribution in [0.15, 0.2) is 61.1 Å². The molecule has 0 unspecified atom stereocenters. The highest BCUT2D eigenvalue weighted by Gasteiger charge is 2.21. The summed E-state index contributed by atoms with van der Waals surface area (Å²) in [5, 5.41) is 0. The number of aromatic nitrogens is 2. The van der Waals surface area contributed by atoms with E-state index in [1.807, 2.05) is 18.5 Å². The van der Waals surface area contributed by atoms with E-state index in [4.69, 9.17) is 9.72 Å². The van der Waals surface area contributed by atoms with Crippen LogP contribution in [0.2, 0.25) is 0 Å². The van der Waals surface area contributed by atoms with Gasteiger partial charge in [0.2, 0.25) is 0 Å². The highest BCUT2D eigenvalue weighted by Crippen LogP contribution is 2.34. The lowest BCUT2D eigenvalue weighted by Crippen LogP contribution is -2.29. The van der Waals surface area contributed by atoms with Crippen molar-refractivity contribution in [3.63, 3.8) is 0 Å². The third kappa shape index (κ3) is 4.06. The Morgan fingerprint density at radius 1 is 1.04 bits per heavy atom. The molecule has 4 heteroatoms. The third-order valence-corrected chi connectivity index (χ3v) is 5.55. The van der Waals surface area contributed by atoms with Gasteiger partial charge in [0.05, 0.1) is 19.1 Å². The van der Waals surface area contributed by atoms with Crippen LogP contribution in [-0.2, 0) is 6.54 Å². The zero-order valence-electron chi connectivity index (χ0n) is 16.1. The molecule has 2 aromatic carbocycles. The molecule has 2 heterocycles. The summed E-state index contributed by atoms with van der Waals surface area (Å²) in [6, 6.07) is 17.0. The van der Waals surface area contributed by atoms with E-state index in [9.17, 15) is 0 Å². The number of ether oxygens (including phenoxy) is 1. The van der Waals surface area contributed by atoms with Crippen molar-refractivity contribution in [2.75, 3.05) is 27.2 Å². The maximum Gasteiger partial charge on any atom is 0.118 e. The lowest BCUT2D eigenvalue weighted by molar-refractivity contribution is 0.255. The average Bonchev–Trinajstić information content (AvgIpc) is 3.17. The first kappa shape index (κ1) is 17.8. The largest absolute Gasteiger partial charge is 0.497 e. The minimum Gasteiger partial charge on any atom is -0.497 e. The van der Waals surface area contributed by atoms with Crippen molar-refractivity contribution >= 4 is 0 Å². The molecular formula is C23H27N3O. The molecule has 27 heavy (non-hydrogen) atoms. The van der Waals surface area contributed by atoms with Crippen LogP contribution in [0.3, 0.4) is 0 Å². The maximum absolute atomic E-state index is 5.24. The molecule has 140 valence electrons. The quantitative estimate of drug-likeness (QED) is 0.674.